The highest BCUT2D eigenvalue weighted by Crippen LogP contribution is 2.48. The molecule has 2 atom stereocenters. The van der Waals surface area contributed by atoms with Gasteiger partial charge in [0.15, 0.2) is 0 Å². The third-order valence-corrected chi connectivity index (χ3v) is 4.99. The summed E-state index contributed by atoms with van der Waals surface area (Å²) in [7, 11) is 0. The van der Waals surface area contributed by atoms with Crippen LogP contribution in [0.1, 0.15) is 29.9 Å². The van der Waals surface area contributed by atoms with Crippen LogP contribution in [-0.2, 0) is 0 Å². The summed E-state index contributed by atoms with van der Waals surface area (Å²) in [5, 5.41) is 0. The molecule has 0 nitrogen and oxygen atoms in total. The van der Waals surface area contributed by atoms with Crippen molar-refractivity contribution in [2.75, 3.05) is 0 Å². The highest BCUT2D eigenvalue weighted by Gasteiger charge is 2.36. The highest BCUT2D eigenvalue weighted by molar-refractivity contribution is 5.52. The van der Waals surface area contributed by atoms with Crippen LogP contribution in [-0.4, -0.2) is 0 Å². The fourth-order valence-corrected chi connectivity index (χ4v) is 3.51. The Morgan fingerprint density at radius 3 is 2.21 bits per heavy atom. The quantitative estimate of drug-likeness (QED) is 0.548. The molecule has 24 heavy (non-hydrogen) atoms. The van der Waals surface area contributed by atoms with E-state index in [2.05, 4.69) is 92.1 Å². The number of rotatable bonds is 5. The molecular formula is C24H24. The van der Waals surface area contributed by atoms with Crippen LogP contribution in [0.4, 0.5) is 0 Å². The van der Waals surface area contributed by atoms with E-state index in [0.717, 1.165) is 12.8 Å². The molecule has 3 rings (SSSR count). The summed E-state index contributed by atoms with van der Waals surface area (Å²) in [6, 6.07) is 21.2. The van der Waals surface area contributed by atoms with Gasteiger partial charge in [0.05, 0.1) is 0 Å². The first-order valence-electron chi connectivity index (χ1n) is 8.53. The Hall–Kier alpha value is -2.60. The van der Waals surface area contributed by atoms with E-state index in [0.29, 0.717) is 0 Å². The van der Waals surface area contributed by atoms with Crippen LogP contribution in [0.15, 0.2) is 104 Å². The maximum Gasteiger partial charge on any atom is 0.0168 e. The van der Waals surface area contributed by atoms with Gasteiger partial charge in [0.2, 0.25) is 0 Å². The molecule has 0 unspecified atom stereocenters. The van der Waals surface area contributed by atoms with Gasteiger partial charge in [0.25, 0.3) is 0 Å². The zero-order chi connectivity index (χ0) is 16.8. The van der Waals surface area contributed by atoms with Gasteiger partial charge in [-0.3, -0.25) is 0 Å². The van der Waals surface area contributed by atoms with Gasteiger partial charge in [-0.05, 0) is 24.0 Å². The third-order valence-electron chi connectivity index (χ3n) is 4.99. The van der Waals surface area contributed by atoms with Gasteiger partial charge in [-0.25, -0.2) is 0 Å². The van der Waals surface area contributed by atoms with E-state index >= 15 is 0 Å². The lowest BCUT2D eigenvalue weighted by Crippen LogP contribution is -2.27. The summed E-state index contributed by atoms with van der Waals surface area (Å²) in [5.74, 6) is 0.290. The minimum atomic E-state index is -0.0658. The molecule has 0 radical (unpaired) electrons. The molecule has 120 valence electrons. The Morgan fingerprint density at radius 2 is 1.58 bits per heavy atom. The SMILES string of the molecule is C=CC1=C[C@H](c2ccccc2)[C@](C=C)(/C=C/c2ccccc2)CC1. The largest absolute Gasteiger partial charge is 0.102 e. The lowest BCUT2D eigenvalue weighted by Gasteiger charge is -2.39. The maximum atomic E-state index is 4.19. The zero-order valence-electron chi connectivity index (χ0n) is 14.1. The molecule has 0 saturated heterocycles. The van der Waals surface area contributed by atoms with Gasteiger partial charge < -0.3 is 0 Å². The monoisotopic (exact) mass is 312 g/mol. The minimum absolute atomic E-state index is 0.0658. The molecule has 2 aromatic rings. The molecule has 1 aliphatic rings. The van der Waals surface area contributed by atoms with Crippen LogP contribution in [0.2, 0.25) is 0 Å². The average molecular weight is 312 g/mol. The molecular weight excluding hydrogens is 288 g/mol. The van der Waals surface area contributed by atoms with E-state index < -0.39 is 0 Å². The van der Waals surface area contributed by atoms with Crippen LogP contribution >= 0.6 is 0 Å². The fourth-order valence-electron chi connectivity index (χ4n) is 3.51. The third kappa shape index (κ3) is 3.33. The van der Waals surface area contributed by atoms with Gasteiger partial charge in [-0.1, -0.05) is 103 Å². The summed E-state index contributed by atoms with van der Waals surface area (Å²) in [4.78, 5) is 0. The highest BCUT2D eigenvalue weighted by atomic mass is 14.4. The van der Waals surface area contributed by atoms with Crippen molar-refractivity contribution in [3.63, 3.8) is 0 Å². The first kappa shape index (κ1) is 16.3. The standard InChI is InChI=1S/C24H24/c1-3-20-15-17-24(4-2,18-16-21-11-7-5-8-12-21)23(19-20)22-13-9-6-10-14-22/h3-14,16,18-19,23H,1-2,15,17H2/b18-16+/t23-,24+/m1/s1. The maximum absolute atomic E-state index is 4.19. The molecule has 1 aliphatic carbocycles. The summed E-state index contributed by atoms with van der Waals surface area (Å²) in [5.41, 5.74) is 3.82. The Morgan fingerprint density at radius 1 is 0.917 bits per heavy atom. The first-order chi connectivity index (χ1) is 11.8. The van der Waals surface area contributed by atoms with Crippen LogP contribution < -0.4 is 0 Å². The lowest BCUT2D eigenvalue weighted by atomic mass is 9.65. The van der Waals surface area contributed by atoms with E-state index in [1.54, 1.807) is 0 Å². The van der Waals surface area contributed by atoms with Crippen molar-refractivity contribution in [2.24, 2.45) is 5.41 Å². The molecule has 0 bridgehead atoms. The van der Waals surface area contributed by atoms with Crippen molar-refractivity contribution in [3.8, 4) is 0 Å². The van der Waals surface area contributed by atoms with Crippen molar-refractivity contribution < 1.29 is 0 Å². The summed E-state index contributed by atoms with van der Waals surface area (Å²) < 4.78 is 0. The predicted molar refractivity (Wildman–Crippen MR) is 105 cm³/mol. The van der Waals surface area contributed by atoms with Crippen molar-refractivity contribution in [1.82, 2.24) is 0 Å². The number of benzene rings is 2. The Balaban J connectivity index is 2.03. The zero-order valence-corrected chi connectivity index (χ0v) is 14.1. The van der Waals surface area contributed by atoms with E-state index in [-0.39, 0.29) is 11.3 Å². The van der Waals surface area contributed by atoms with Gasteiger partial charge in [-0.15, -0.1) is 6.58 Å². The molecule has 0 spiro atoms. The van der Waals surface area contributed by atoms with Crippen LogP contribution in [0.3, 0.4) is 0 Å². The number of allylic oxidation sites excluding steroid dienone is 5. The van der Waals surface area contributed by atoms with E-state index in [1.165, 1.54) is 16.7 Å². The normalized spacial score (nSPS) is 23.7. The number of hydrogen-bond donors (Lipinski definition) is 0. The van der Waals surface area contributed by atoms with Crippen molar-refractivity contribution in [1.29, 1.82) is 0 Å². The van der Waals surface area contributed by atoms with Crippen LogP contribution in [0.5, 0.6) is 0 Å². The molecule has 0 saturated carbocycles. The lowest BCUT2D eigenvalue weighted by molar-refractivity contribution is 0.388. The van der Waals surface area contributed by atoms with Gasteiger partial charge in [0, 0.05) is 11.3 Å². The van der Waals surface area contributed by atoms with Crippen LogP contribution in [0.25, 0.3) is 6.08 Å². The topological polar surface area (TPSA) is 0 Å². The van der Waals surface area contributed by atoms with Gasteiger partial charge in [-0.2, -0.15) is 0 Å². The molecule has 0 aliphatic heterocycles. The second kappa shape index (κ2) is 7.31. The Labute approximate surface area is 145 Å². The molecule has 0 heterocycles. The Kier molecular flexibility index (Phi) is 4.96. The second-order valence-electron chi connectivity index (χ2n) is 6.39. The fraction of sp³-hybridized carbons (Fsp3) is 0.167. The van der Waals surface area contributed by atoms with Crippen molar-refractivity contribution in [2.45, 2.75) is 18.8 Å². The smallest absolute Gasteiger partial charge is 0.0168 e. The van der Waals surface area contributed by atoms with E-state index in [9.17, 15) is 0 Å². The Bertz CT molecular complexity index is 749. The molecule has 0 heteroatoms. The molecule has 2 aromatic carbocycles. The van der Waals surface area contributed by atoms with Crippen molar-refractivity contribution in [3.05, 3.63) is 115 Å². The molecule has 0 amide bonds. The molecule has 0 fully saturated rings. The summed E-state index contributed by atoms with van der Waals surface area (Å²) >= 11 is 0. The van der Waals surface area contributed by atoms with Gasteiger partial charge in [0.1, 0.15) is 0 Å². The van der Waals surface area contributed by atoms with E-state index in [4.69, 9.17) is 0 Å². The molecule has 0 N–H and O–H groups in total. The average Bonchev–Trinajstić information content (AvgIpc) is 2.68. The van der Waals surface area contributed by atoms with Gasteiger partial charge >= 0.3 is 0 Å². The minimum Gasteiger partial charge on any atom is -0.102 e. The predicted octanol–water partition coefficient (Wildman–Crippen LogP) is 6.56. The van der Waals surface area contributed by atoms with E-state index in [1.807, 2.05) is 12.1 Å². The molecule has 0 aromatic heterocycles. The van der Waals surface area contributed by atoms with Crippen LogP contribution in [0, 0.1) is 5.41 Å². The van der Waals surface area contributed by atoms with Crippen molar-refractivity contribution >= 4 is 6.08 Å². The number of hydrogen-bond acceptors (Lipinski definition) is 0. The summed E-state index contributed by atoms with van der Waals surface area (Å²) in [6.07, 6.45) is 13.1. The summed E-state index contributed by atoms with van der Waals surface area (Å²) in [6.45, 7) is 8.16. The first-order valence-corrected chi connectivity index (χ1v) is 8.53. The second-order valence-corrected chi connectivity index (χ2v) is 6.39.